The number of hydrogen-bond acceptors (Lipinski definition) is 5. The summed E-state index contributed by atoms with van der Waals surface area (Å²) < 4.78 is 28.1. The van der Waals surface area contributed by atoms with E-state index in [9.17, 15) is 13.2 Å². The molecule has 2 rings (SSSR count). The maximum Gasteiger partial charge on any atom is 0.240 e. The van der Waals surface area contributed by atoms with E-state index in [1.54, 1.807) is 13.1 Å². The van der Waals surface area contributed by atoms with Gasteiger partial charge in [-0.05, 0) is 19.1 Å². The normalized spacial score (nSPS) is 11.5. The molecule has 0 amide bonds. The van der Waals surface area contributed by atoms with Gasteiger partial charge in [0.05, 0.1) is 11.4 Å². The molecular weight excluding hydrogens is 280 g/mol. The van der Waals surface area contributed by atoms with Crippen molar-refractivity contribution in [3.8, 4) is 0 Å². The first kappa shape index (κ1) is 14.4. The smallest absolute Gasteiger partial charge is 0.240 e. The Kier molecular flexibility index (Phi) is 3.96. The number of benzene rings is 1. The number of carbonyl (C=O) groups is 1. The SMILES string of the molecule is CC(=O)c1cccc(S(=O)(=O)NCc2ncn(C)n2)c1. The minimum Gasteiger partial charge on any atom is -0.295 e. The van der Waals surface area contributed by atoms with E-state index < -0.39 is 10.0 Å². The molecule has 0 atom stereocenters. The lowest BCUT2D eigenvalue weighted by Gasteiger charge is -2.06. The van der Waals surface area contributed by atoms with Gasteiger partial charge in [-0.3, -0.25) is 9.48 Å². The number of rotatable bonds is 5. The lowest BCUT2D eigenvalue weighted by atomic mass is 10.2. The Bertz CT molecular complexity index is 737. The second-order valence-electron chi connectivity index (χ2n) is 4.24. The molecule has 0 unspecified atom stereocenters. The fourth-order valence-electron chi connectivity index (χ4n) is 1.59. The first-order valence-corrected chi connectivity index (χ1v) is 7.32. The van der Waals surface area contributed by atoms with Gasteiger partial charge in [-0.1, -0.05) is 12.1 Å². The Labute approximate surface area is 116 Å². The molecule has 1 heterocycles. The monoisotopic (exact) mass is 294 g/mol. The molecule has 0 spiro atoms. The van der Waals surface area contributed by atoms with Crippen molar-refractivity contribution in [3.63, 3.8) is 0 Å². The molecule has 0 bridgehead atoms. The van der Waals surface area contributed by atoms with Gasteiger partial charge in [-0.2, -0.15) is 5.10 Å². The van der Waals surface area contributed by atoms with Crippen LogP contribution in [0.1, 0.15) is 23.1 Å². The fourth-order valence-corrected chi connectivity index (χ4v) is 2.62. The fraction of sp³-hybridized carbons (Fsp3) is 0.250. The van der Waals surface area contributed by atoms with Gasteiger partial charge in [-0.25, -0.2) is 18.1 Å². The van der Waals surface area contributed by atoms with Crippen molar-refractivity contribution < 1.29 is 13.2 Å². The second-order valence-corrected chi connectivity index (χ2v) is 6.01. The van der Waals surface area contributed by atoms with Gasteiger partial charge in [0, 0.05) is 12.6 Å². The van der Waals surface area contributed by atoms with Gasteiger partial charge in [0.2, 0.25) is 10.0 Å². The van der Waals surface area contributed by atoms with Crippen LogP contribution < -0.4 is 4.72 Å². The average molecular weight is 294 g/mol. The minimum atomic E-state index is -3.70. The molecule has 7 nitrogen and oxygen atoms in total. The Morgan fingerprint density at radius 3 is 2.75 bits per heavy atom. The van der Waals surface area contributed by atoms with Crippen LogP contribution in [0, 0.1) is 0 Å². The van der Waals surface area contributed by atoms with Crippen molar-refractivity contribution in [1.29, 1.82) is 0 Å². The third kappa shape index (κ3) is 3.28. The maximum absolute atomic E-state index is 12.1. The summed E-state index contributed by atoms with van der Waals surface area (Å²) in [5.74, 6) is 0.187. The highest BCUT2D eigenvalue weighted by molar-refractivity contribution is 7.89. The summed E-state index contributed by atoms with van der Waals surface area (Å²) in [7, 11) is -2.00. The summed E-state index contributed by atoms with van der Waals surface area (Å²) in [5.41, 5.74) is 0.351. The van der Waals surface area contributed by atoms with E-state index in [0.717, 1.165) is 0 Å². The van der Waals surface area contributed by atoms with Crippen LogP contribution in [-0.2, 0) is 23.6 Å². The number of aryl methyl sites for hydroxylation is 1. The second kappa shape index (κ2) is 5.51. The summed E-state index contributed by atoms with van der Waals surface area (Å²) in [4.78, 5) is 15.2. The Balaban J connectivity index is 2.17. The number of Topliss-reactive ketones (excluding diaryl/α,β-unsaturated/α-hetero) is 1. The van der Waals surface area contributed by atoms with Crippen molar-refractivity contribution in [2.75, 3.05) is 0 Å². The number of nitrogens with one attached hydrogen (secondary N) is 1. The van der Waals surface area contributed by atoms with Crippen LogP contribution in [0.2, 0.25) is 0 Å². The molecule has 1 aromatic heterocycles. The first-order chi connectivity index (χ1) is 9.38. The molecule has 8 heteroatoms. The molecule has 0 radical (unpaired) electrons. The summed E-state index contributed by atoms with van der Waals surface area (Å²) >= 11 is 0. The highest BCUT2D eigenvalue weighted by Gasteiger charge is 2.15. The number of carbonyl (C=O) groups excluding carboxylic acids is 1. The number of sulfonamides is 1. The molecule has 0 fully saturated rings. The molecule has 0 aliphatic heterocycles. The summed E-state index contributed by atoms with van der Waals surface area (Å²) in [5, 5.41) is 3.98. The standard InChI is InChI=1S/C12H14N4O3S/c1-9(17)10-4-3-5-11(6-10)20(18,19)14-7-12-13-8-16(2)15-12/h3-6,8,14H,7H2,1-2H3. The van der Waals surface area contributed by atoms with E-state index in [-0.39, 0.29) is 17.2 Å². The van der Waals surface area contributed by atoms with Crippen molar-refractivity contribution in [1.82, 2.24) is 19.5 Å². The van der Waals surface area contributed by atoms with Gasteiger partial charge in [0.1, 0.15) is 6.33 Å². The van der Waals surface area contributed by atoms with Crippen LogP contribution in [0.4, 0.5) is 0 Å². The number of nitrogens with zero attached hydrogens (tertiary/aromatic N) is 3. The Hall–Kier alpha value is -2.06. The maximum atomic E-state index is 12.1. The van der Waals surface area contributed by atoms with Crippen LogP contribution in [0.15, 0.2) is 35.5 Å². The highest BCUT2D eigenvalue weighted by Crippen LogP contribution is 2.12. The lowest BCUT2D eigenvalue weighted by molar-refractivity contribution is 0.101. The summed E-state index contributed by atoms with van der Waals surface area (Å²) in [6, 6.07) is 5.88. The van der Waals surface area contributed by atoms with Crippen LogP contribution in [-0.4, -0.2) is 29.0 Å². The molecule has 20 heavy (non-hydrogen) atoms. The van der Waals surface area contributed by atoms with E-state index >= 15 is 0 Å². The van der Waals surface area contributed by atoms with Gasteiger partial charge < -0.3 is 0 Å². The molecule has 106 valence electrons. The highest BCUT2D eigenvalue weighted by atomic mass is 32.2. The zero-order valence-corrected chi connectivity index (χ0v) is 11.9. The summed E-state index contributed by atoms with van der Waals surface area (Å²) in [6.45, 7) is 1.38. The van der Waals surface area contributed by atoms with Gasteiger partial charge in [-0.15, -0.1) is 0 Å². The van der Waals surface area contributed by atoms with Gasteiger partial charge in [0.15, 0.2) is 11.6 Å². The zero-order chi connectivity index (χ0) is 14.8. The Morgan fingerprint density at radius 1 is 1.40 bits per heavy atom. The Morgan fingerprint density at radius 2 is 2.15 bits per heavy atom. The molecule has 1 aromatic carbocycles. The number of hydrogen-bond donors (Lipinski definition) is 1. The predicted molar refractivity (Wildman–Crippen MR) is 71.5 cm³/mol. The molecule has 0 saturated carbocycles. The van der Waals surface area contributed by atoms with Crippen molar-refractivity contribution in [2.45, 2.75) is 18.4 Å². The van der Waals surface area contributed by atoms with Crippen LogP contribution in [0.25, 0.3) is 0 Å². The first-order valence-electron chi connectivity index (χ1n) is 5.84. The third-order valence-electron chi connectivity index (χ3n) is 2.62. The third-order valence-corrected chi connectivity index (χ3v) is 4.02. The average Bonchev–Trinajstić information content (AvgIpc) is 2.82. The van der Waals surface area contributed by atoms with Crippen LogP contribution in [0.3, 0.4) is 0 Å². The summed E-state index contributed by atoms with van der Waals surface area (Å²) in [6.07, 6.45) is 1.49. The lowest BCUT2D eigenvalue weighted by Crippen LogP contribution is -2.24. The van der Waals surface area contributed by atoms with E-state index in [1.165, 1.54) is 36.1 Å². The molecule has 1 N–H and O–H groups in total. The van der Waals surface area contributed by atoms with Crippen molar-refractivity contribution >= 4 is 15.8 Å². The largest absolute Gasteiger partial charge is 0.295 e. The van der Waals surface area contributed by atoms with Crippen LogP contribution in [0.5, 0.6) is 0 Å². The molecule has 0 aliphatic rings. The number of aromatic nitrogens is 3. The van der Waals surface area contributed by atoms with Crippen molar-refractivity contribution in [2.24, 2.45) is 7.05 Å². The molecule has 2 aromatic rings. The molecular formula is C12H14N4O3S. The molecule has 0 saturated heterocycles. The van der Waals surface area contributed by atoms with Crippen LogP contribution >= 0.6 is 0 Å². The van der Waals surface area contributed by atoms with E-state index in [1.807, 2.05) is 0 Å². The van der Waals surface area contributed by atoms with E-state index in [2.05, 4.69) is 14.8 Å². The number of ketones is 1. The topological polar surface area (TPSA) is 94.0 Å². The van der Waals surface area contributed by atoms with E-state index in [0.29, 0.717) is 11.4 Å². The minimum absolute atomic E-state index is 0.00648. The van der Waals surface area contributed by atoms with Gasteiger partial charge >= 0.3 is 0 Å². The van der Waals surface area contributed by atoms with Gasteiger partial charge in [0.25, 0.3) is 0 Å². The quantitative estimate of drug-likeness (QED) is 0.810. The zero-order valence-electron chi connectivity index (χ0n) is 11.1. The van der Waals surface area contributed by atoms with E-state index in [4.69, 9.17) is 0 Å². The van der Waals surface area contributed by atoms with Crippen molar-refractivity contribution in [3.05, 3.63) is 42.0 Å². The molecule has 0 aliphatic carbocycles. The predicted octanol–water partition coefficient (Wildman–Crippen LogP) is 0.496.